The summed E-state index contributed by atoms with van der Waals surface area (Å²) in [5.74, 6) is -1.45. The van der Waals surface area contributed by atoms with Crippen molar-refractivity contribution in [1.82, 2.24) is 9.88 Å². The molecular weight excluding hydrogens is 430 g/mol. The highest BCUT2D eigenvalue weighted by atomic mass is 35.5. The van der Waals surface area contributed by atoms with E-state index in [1.165, 1.54) is 35.2 Å². The van der Waals surface area contributed by atoms with Crippen LogP contribution in [0.5, 0.6) is 5.75 Å². The van der Waals surface area contributed by atoms with Gasteiger partial charge >= 0.3 is 12.0 Å². The number of aliphatic carboxylic acids is 1. The molecule has 0 radical (unpaired) electrons. The van der Waals surface area contributed by atoms with E-state index in [0.29, 0.717) is 10.0 Å². The van der Waals surface area contributed by atoms with Crippen molar-refractivity contribution in [2.75, 3.05) is 11.4 Å². The molecule has 0 aliphatic rings. The number of rotatable bonds is 6. The number of benzene rings is 1. The van der Waals surface area contributed by atoms with Gasteiger partial charge in [0, 0.05) is 24.7 Å². The van der Waals surface area contributed by atoms with Crippen LogP contribution in [-0.2, 0) is 11.8 Å². The third kappa shape index (κ3) is 4.64. The predicted octanol–water partition coefficient (Wildman–Crippen LogP) is 3.80. The Morgan fingerprint density at radius 3 is 2.67 bits per heavy atom. The Labute approximate surface area is 180 Å². The summed E-state index contributed by atoms with van der Waals surface area (Å²) in [5.41, 5.74) is 0.255. The summed E-state index contributed by atoms with van der Waals surface area (Å²) >= 11 is 7.38. The molecule has 2 amide bonds. The maximum absolute atomic E-state index is 12.9. The van der Waals surface area contributed by atoms with E-state index in [-0.39, 0.29) is 24.4 Å². The number of carboxylic acid groups (broad SMARTS) is 1. The summed E-state index contributed by atoms with van der Waals surface area (Å²) in [6.07, 6.45) is 1.10. The molecule has 156 valence electrons. The fourth-order valence-corrected chi connectivity index (χ4v) is 3.83. The lowest BCUT2D eigenvalue weighted by molar-refractivity contribution is -0.136. The summed E-state index contributed by atoms with van der Waals surface area (Å²) in [6.45, 7) is -0.140. The number of thiophene rings is 1. The molecule has 2 aromatic heterocycles. The molecule has 0 saturated heterocycles. The SMILES string of the molecule is Cn1ccc(O)c(N(C(=O)NCCC(=O)O)c2cccc(-c3ccc(Cl)s3)c2)c1=O. The summed E-state index contributed by atoms with van der Waals surface area (Å²) < 4.78 is 1.84. The molecule has 10 heteroatoms. The first-order valence-electron chi connectivity index (χ1n) is 8.82. The lowest BCUT2D eigenvalue weighted by Gasteiger charge is -2.24. The zero-order chi connectivity index (χ0) is 21.8. The van der Waals surface area contributed by atoms with Gasteiger partial charge in [-0.25, -0.2) is 4.79 Å². The zero-order valence-electron chi connectivity index (χ0n) is 15.8. The van der Waals surface area contributed by atoms with Gasteiger partial charge in [-0.2, -0.15) is 0 Å². The van der Waals surface area contributed by atoms with Crippen molar-refractivity contribution in [3.05, 3.63) is 63.4 Å². The molecule has 8 nitrogen and oxygen atoms in total. The van der Waals surface area contributed by atoms with Crippen LogP contribution in [0.3, 0.4) is 0 Å². The smallest absolute Gasteiger partial charge is 0.326 e. The van der Waals surface area contributed by atoms with Crippen molar-refractivity contribution in [3.8, 4) is 16.2 Å². The summed E-state index contributed by atoms with van der Waals surface area (Å²) in [7, 11) is 1.50. The predicted molar refractivity (Wildman–Crippen MR) is 116 cm³/mol. The van der Waals surface area contributed by atoms with Crippen LogP contribution in [0.25, 0.3) is 10.4 Å². The molecule has 0 spiro atoms. The topological polar surface area (TPSA) is 112 Å². The monoisotopic (exact) mass is 447 g/mol. The van der Waals surface area contributed by atoms with Gasteiger partial charge in [-0.1, -0.05) is 23.7 Å². The first-order valence-corrected chi connectivity index (χ1v) is 10.0. The normalized spacial score (nSPS) is 10.6. The van der Waals surface area contributed by atoms with E-state index in [0.717, 1.165) is 15.3 Å². The molecule has 0 fully saturated rings. The number of amides is 2. The van der Waals surface area contributed by atoms with Gasteiger partial charge in [-0.05, 0) is 35.9 Å². The van der Waals surface area contributed by atoms with Crippen LogP contribution in [0.15, 0.2) is 53.5 Å². The third-order valence-corrected chi connectivity index (χ3v) is 5.51. The van der Waals surface area contributed by atoms with Gasteiger partial charge in [0.15, 0.2) is 5.69 Å². The Morgan fingerprint density at radius 2 is 2.00 bits per heavy atom. The number of aromatic nitrogens is 1. The second-order valence-corrected chi connectivity index (χ2v) is 8.05. The molecule has 3 N–H and O–H groups in total. The van der Waals surface area contributed by atoms with Crippen molar-refractivity contribution in [1.29, 1.82) is 0 Å². The molecule has 0 aliphatic heterocycles. The summed E-state index contributed by atoms with van der Waals surface area (Å²) in [5, 5.41) is 21.7. The van der Waals surface area contributed by atoms with Gasteiger partial charge in [0.05, 0.1) is 16.4 Å². The van der Waals surface area contributed by atoms with Crippen LogP contribution < -0.4 is 15.8 Å². The molecule has 3 aromatic rings. The lowest BCUT2D eigenvalue weighted by atomic mass is 10.1. The highest BCUT2D eigenvalue weighted by Gasteiger charge is 2.25. The Morgan fingerprint density at radius 1 is 1.23 bits per heavy atom. The van der Waals surface area contributed by atoms with Crippen LogP contribution in [0.2, 0.25) is 4.34 Å². The number of nitrogens with one attached hydrogen (secondary N) is 1. The molecule has 0 atom stereocenters. The Bertz CT molecular complexity index is 1160. The number of aromatic hydroxyl groups is 1. The number of pyridine rings is 1. The number of hydrogen-bond donors (Lipinski definition) is 3. The second kappa shape index (κ2) is 9.02. The molecule has 0 unspecified atom stereocenters. The molecule has 30 heavy (non-hydrogen) atoms. The largest absolute Gasteiger partial charge is 0.505 e. The minimum Gasteiger partial charge on any atom is -0.505 e. The Hall–Kier alpha value is -3.30. The number of nitrogens with zero attached hydrogens (tertiary/aromatic N) is 2. The number of anilines is 2. The number of urea groups is 1. The van der Waals surface area contributed by atoms with E-state index < -0.39 is 17.6 Å². The van der Waals surface area contributed by atoms with E-state index in [1.807, 2.05) is 12.1 Å². The van der Waals surface area contributed by atoms with Gasteiger partial charge in [0.1, 0.15) is 5.75 Å². The Kier molecular flexibility index (Phi) is 6.43. The lowest BCUT2D eigenvalue weighted by Crippen LogP contribution is -2.41. The first-order chi connectivity index (χ1) is 14.3. The number of hydrogen-bond acceptors (Lipinski definition) is 5. The molecule has 3 rings (SSSR count). The summed E-state index contributed by atoms with van der Waals surface area (Å²) in [4.78, 5) is 38.3. The molecule has 0 saturated carbocycles. The third-order valence-electron chi connectivity index (χ3n) is 4.23. The van der Waals surface area contributed by atoms with Crippen LogP contribution in [0, 0.1) is 0 Å². The summed E-state index contributed by atoms with van der Waals surface area (Å²) in [6, 6.07) is 11.0. The number of carbonyl (C=O) groups excluding carboxylic acids is 1. The Balaban J connectivity index is 2.09. The number of aryl methyl sites for hydroxylation is 1. The minimum absolute atomic E-state index is 0.140. The van der Waals surface area contributed by atoms with E-state index in [2.05, 4.69) is 5.32 Å². The molecule has 1 aromatic carbocycles. The minimum atomic E-state index is -1.07. The highest BCUT2D eigenvalue weighted by molar-refractivity contribution is 7.19. The van der Waals surface area contributed by atoms with Gasteiger partial charge in [-0.3, -0.25) is 14.5 Å². The van der Waals surface area contributed by atoms with Gasteiger partial charge < -0.3 is 20.1 Å². The quantitative estimate of drug-likeness (QED) is 0.532. The number of carbonyl (C=O) groups is 2. The fraction of sp³-hybridized carbons (Fsp3) is 0.150. The van der Waals surface area contributed by atoms with E-state index in [4.69, 9.17) is 16.7 Å². The second-order valence-electron chi connectivity index (χ2n) is 6.33. The number of halogens is 1. The van der Waals surface area contributed by atoms with E-state index in [9.17, 15) is 19.5 Å². The van der Waals surface area contributed by atoms with Crippen LogP contribution >= 0.6 is 22.9 Å². The average molecular weight is 448 g/mol. The fourth-order valence-electron chi connectivity index (χ4n) is 2.79. The molecular formula is C20H18ClN3O5S. The van der Waals surface area contributed by atoms with Crippen molar-refractivity contribution in [2.45, 2.75) is 6.42 Å². The van der Waals surface area contributed by atoms with Crippen LogP contribution in [0.4, 0.5) is 16.2 Å². The molecule has 0 bridgehead atoms. The molecule has 2 heterocycles. The van der Waals surface area contributed by atoms with E-state index >= 15 is 0 Å². The van der Waals surface area contributed by atoms with Crippen LogP contribution in [0.1, 0.15) is 6.42 Å². The van der Waals surface area contributed by atoms with E-state index in [1.54, 1.807) is 24.3 Å². The average Bonchev–Trinajstić information content (AvgIpc) is 3.14. The van der Waals surface area contributed by atoms with Gasteiger partial charge in [-0.15, -0.1) is 11.3 Å². The molecule has 0 aliphatic carbocycles. The van der Waals surface area contributed by atoms with Crippen molar-refractivity contribution >= 4 is 46.3 Å². The van der Waals surface area contributed by atoms with Crippen LogP contribution in [-0.4, -0.2) is 33.3 Å². The number of carboxylic acids is 1. The maximum atomic E-state index is 12.9. The zero-order valence-corrected chi connectivity index (χ0v) is 17.4. The van der Waals surface area contributed by atoms with Crippen molar-refractivity contribution in [3.63, 3.8) is 0 Å². The van der Waals surface area contributed by atoms with Gasteiger partial charge in [0.2, 0.25) is 0 Å². The standard InChI is InChI=1S/C20H18ClN3O5S/c1-23-10-8-14(25)18(19(23)28)24(20(29)22-9-7-17(26)27)13-4-2-3-12(11-13)15-5-6-16(21)30-15/h2-6,8,10-11,25H,7,9H2,1H3,(H,22,29)(H,26,27). The maximum Gasteiger partial charge on any atom is 0.326 e. The van der Waals surface area contributed by atoms with Crippen molar-refractivity contribution < 1.29 is 19.8 Å². The highest BCUT2D eigenvalue weighted by Crippen LogP contribution is 2.35. The van der Waals surface area contributed by atoms with Gasteiger partial charge in [0.25, 0.3) is 5.56 Å². The first kappa shape index (κ1) is 21.4. The van der Waals surface area contributed by atoms with Crippen molar-refractivity contribution in [2.24, 2.45) is 7.05 Å².